The number of nitrogens with zero attached hydrogens (tertiary/aromatic N) is 3. The maximum atomic E-state index is 14.4. The van der Waals surface area contributed by atoms with Gasteiger partial charge in [-0.05, 0) is 55.9 Å². The molecule has 0 aromatic heterocycles. The van der Waals surface area contributed by atoms with E-state index in [1.54, 1.807) is 29.2 Å². The smallest absolute Gasteiger partial charge is 0.422 e. The molecule has 6 rings (SSSR count). The summed E-state index contributed by atoms with van der Waals surface area (Å²) in [5.41, 5.74) is 1.78. The number of anilines is 1. The number of nitrogens with two attached hydrogens (primary N) is 1. The minimum absolute atomic E-state index is 0.0579. The maximum absolute atomic E-state index is 14.4. The normalized spacial score (nSPS) is 23.6. The van der Waals surface area contributed by atoms with Crippen molar-refractivity contribution in [1.29, 1.82) is 0 Å². The summed E-state index contributed by atoms with van der Waals surface area (Å²) >= 11 is 0. The van der Waals surface area contributed by atoms with E-state index >= 15 is 0 Å². The van der Waals surface area contributed by atoms with E-state index < -0.39 is 58.8 Å². The van der Waals surface area contributed by atoms with Gasteiger partial charge in [-0.25, -0.2) is 22.4 Å². The topological polar surface area (TPSA) is 88.3 Å². The van der Waals surface area contributed by atoms with Crippen molar-refractivity contribution in [1.82, 2.24) is 14.7 Å². The largest absolute Gasteiger partial charge is 0.487 e. The van der Waals surface area contributed by atoms with Crippen molar-refractivity contribution < 1.29 is 49.8 Å². The quantitative estimate of drug-likeness (QED) is 0.230. The SMILES string of the molecule is Nc1ccc(OC2CN(C(=O)C3CCC(CN4CC5(CCN(Cc6c(F)c(F)c(C(F)(F)F)c(F)c6F)CC5)OC4=O)CC3)C2)cc1. The van der Waals surface area contributed by atoms with Gasteiger partial charge in [0, 0.05) is 56.2 Å². The number of carbonyl (C=O) groups excluding carboxylic acids is 2. The van der Waals surface area contributed by atoms with Gasteiger partial charge in [0.2, 0.25) is 5.91 Å². The van der Waals surface area contributed by atoms with Gasteiger partial charge < -0.3 is 25.0 Å². The van der Waals surface area contributed by atoms with Gasteiger partial charge in [0.15, 0.2) is 23.3 Å². The van der Waals surface area contributed by atoms with Crippen LogP contribution >= 0.6 is 0 Å². The average molecular weight is 673 g/mol. The summed E-state index contributed by atoms with van der Waals surface area (Å²) < 4.78 is 107. The first-order chi connectivity index (χ1) is 22.2. The van der Waals surface area contributed by atoms with Gasteiger partial charge >= 0.3 is 12.3 Å². The Kier molecular flexibility index (Phi) is 8.96. The van der Waals surface area contributed by atoms with Gasteiger partial charge in [0.1, 0.15) is 23.0 Å². The molecule has 4 fully saturated rings. The zero-order valence-corrected chi connectivity index (χ0v) is 25.4. The zero-order valence-electron chi connectivity index (χ0n) is 25.4. The second-order valence-electron chi connectivity index (χ2n) is 13.1. The molecule has 1 aliphatic carbocycles. The molecule has 0 radical (unpaired) electrons. The summed E-state index contributed by atoms with van der Waals surface area (Å²) in [4.78, 5) is 30.7. The first-order valence-corrected chi connectivity index (χ1v) is 15.7. The molecule has 3 heterocycles. The van der Waals surface area contributed by atoms with Crippen molar-refractivity contribution in [3.63, 3.8) is 0 Å². The molecular weight excluding hydrogens is 637 g/mol. The lowest BCUT2D eigenvalue weighted by Gasteiger charge is -2.42. The fourth-order valence-corrected chi connectivity index (χ4v) is 7.09. The molecule has 3 saturated heterocycles. The number of carbonyl (C=O) groups is 2. The van der Waals surface area contributed by atoms with Gasteiger partial charge in [-0.15, -0.1) is 0 Å². The predicted molar refractivity (Wildman–Crippen MR) is 154 cm³/mol. The minimum atomic E-state index is -5.60. The number of nitrogen functional groups attached to an aromatic ring is 1. The van der Waals surface area contributed by atoms with Gasteiger partial charge in [-0.1, -0.05) is 0 Å². The molecular formula is C32H35F7N4O4. The van der Waals surface area contributed by atoms with E-state index in [-0.39, 0.29) is 49.8 Å². The van der Waals surface area contributed by atoms with E-state index in [0.29, 0.717) is 50.5 Å². The van der Waals surface area contributed by atoms with Crippen molar-refractivity contribution >= 4 is 17.7 Å². The van der Waals surface area contributed by atoms with Crippen molar-refractivity contribution in [2.24, 2.45) is 11.8 Å². The van der Waals surface area contributed by atoms with Crippen LogP contribution < -0.4 is 10.5 Å². The highest BCUT2D eigenvalue weighted by atomic mass is 19.4. The Labute approximate surface area is 266 Å². The molecule has 4 aliphatic rings. The number of benzene rings is 2. The van der Waals surface area contributed by atoms with Crippen LogP contribution in [0.4, 0.5) is 41.2 Å². The third-order valence-electron chi connectivity index (χ3n) is 9.84. The van der Waals surface area contributed by atoms with Crippen LogP contribution in [0, 0.1) is 35.1 Å². The molecule has 47 heavy (non-hydrogen) atoms. The number of alkyl halides is 3. The lowest BCUT2D eigenvalue weighted by molar-refractivity contribution is -0.146. The molecule has 2 aromatic rings. The fourth-order valence-electron chi connectivity index (χ4n) is 7.09. The van der Waals surface area contributed by atoms with E-state index in [2.05, 4.69) is 0 Å². The molecule has 0 bridgehead atoms. The highest BCUT2D eigenvalue weighted by Gasteiger charge is 2.48. The standard InChI is InChI=1S/C32H35F7N4O4/c33-25-23(26(34)28(36)24(27(25)35)32(37,38)39)16-41-11-9-31(10-12-41)17-43(30(45)47-31)13-18-1-3-19(4-2-18)29(44)42-14-22(15-42)46-21-7-5-20(40)6-8-21/h5-8,18-19,22H,1-4,9-17,40H2. The second kappa shape index (κ2) is 12.7. The van der Waals surface area contributed by atoms with Gasteiger partial charge in [0.25, 0.3) is 0 Å². The number of likely N-dealkylation sites (tertiary alicyclic amines) is 2. The van der Waals surface area contributed by atoms with E-state index in [4.69, 9.17) is 15.2 Å². The van der Waals surface area contributed by atoms with Crippen molar-refractivity contribution in [2.75, 3.05) is 45.0 Å². The highest BCUT2D eigenvalue weighted by molar-refractivity contribution is 5.80. The van der Waals surface area contributed by atoms with E-state index in [9.17, 15) is 40.3 Å². The van der Waals surface area contributed by atoms with Crippen LogP contribution in [0.3, 0.4) is 0 Å². The summed E-state index contributed by atoms with van der Waals surface area (Å²) in [5.74, 6) is -8.18. The van der Waals surface area contributed by atoms with Crippen LogP contribution in [0.5, 0.6) is 5.75 Å². The molecule has 0 atom stereocenters. The lowest BCUT2D eigenvalue weighted by Crippen LogP contribution is -2.57. The molecule has 1 spiro atoms. The monoisotopic (exact) mass is 672 g/mol. The molecule has 2 aromatic carbocycles. The van der Waals surface area contributed by atoms with E-state index in [0.717, 1.165) is 12.8 Å². The Balaban J connectivity index is 0.950. The summed E-state index contributed by atoms with van der Waals surface area (Å²) in [7, 11) is 0. The Morgan fingerprint density at radius 2 is 1.53 bits per heavy atom. The maximum Gasteiger partial charge on any atom is 0.422 e. The zero-order chi connectivity index (χ0) is 33.7. The van der Waals surface area contributed by atoms with Gasteiger partial charge in [0.05, 0.1) is 19.6 Å². The summed E-state index contributed by atoms with van der Waals surface area (Å²) in [6.07, 6.45) is -2.63. The fraction of sp³-hybridized carbons (Fsp3) is 0.562. The van der Waals surface area contributed by atoms with E-state index in [1.807, 2.05) is 4.90 Å². The highest BCUT2D eigenvalue weighted by Crippen LogP contribution is 2.39. The molecule has 15 heteroatoms. The summed E-state index contributed by atoms with van der Waals surface area (Å²) in [5, 5.41) is 0. The number of halogens is 7. The number of amides is 2. The lowest BCUT2D eigenvalue weighted by atomic mass is 9.80. The van der Waals surface area contributed by atoms with Crippen molar-refractivity contribution in [2.45, 2.75) is 63.0 Å². The number of hydrogen-bond acceptors (Lipinski definition) is 6. The molecule has 3 aliphatic heterocycles. The van der Waals surface area contributed by atoms with Crippen LogP contribution in [0.1, 0.15) is 49.7 Å². The predicted octanol–water partition coefficient (Wildman–Crippen LogP) is 5.73. The average Bonchev–Trinajstić information content (AvgIpc) is 3.31. The Morgan fingerprint density at radius 1 is 0.936 bits per heavy atom. The third kappa shape index (κ3) is 6.81. The van der Waals surface area contributed by atoms with Crippen LogP contribution in [-0.4, -0.2) is 77.7 Å². The Hall–Kier alpha value is -3.75. The minimum Gasteiger partial charge on any atom is -0.487 e. The van der Waals surface area contributed by atoms with Crippen molar-refractivity contribution in [3.05, 3.63) is 58.7 Å². The summed E-state index contributed by atoms with van der Waals surface area (Å²) in [6, 6.07) is 7.12. The van der Waals surface area contributed by atoms with Crippen LogP contribution in [-0.2, 0) is 22.3 Å². The first kappa shape index (κ1) is 33.2. The van der Waals surface area contributed by atoms with Crippen LogP contribution in [0.25, 0.3) is 0 Å². The third-order valence-corrected chi connectivity index (χ3v) is 9.84. The number of hydrogen-bond donors (Lipinski definition) is 1. The molecule has 0 unspecified atom stereocenters. The number of ether oxygens (including phenoxy) is 2. The van der Waals surface area contributed by atoms with E-state index in [1.165, 1.54) is 4.90 Å². The summed E-state index contributed by atoms with van der Waals surface area (Å²) in [6.45, 7) is 1.46. The second-order valence-corrected chi connectivity index (χ2v) is 13.1. The van der Waals surface area contributed by atoms with Gasteiger partial charge in [-0.2, -0.15) is 13.2 Å². The first-order valence-electron chi connectivity index (χ1n) is 15.7. The number of rotatable bonds is 7. The Bertz CT molecular complexity index is 1470. The van der Waals surface area contributed by atoms with Gasteiger partial charge in [-0.3, -0.25) is 9.69 Å². The molecule has 256 valence electrons. The van der Waals surface area contributed by atoms with Crippen LogP contribution in [0.2, 0.25) is 0 Å². The Morgan fingerprint density at radius 3 is 2.11 bits per heavy atom. The molecule has 8 nitrogen and oxygen atoms in total. The number of piperidine rings is 1. The molecule has 1 saturated carbocycles. The van der Waals surface area contributed by atoms with Crippen molar-refractivity contribution in [3.8, 4) is 5.75 Å². The molecule has 2 amide bonds. The van der Waals surface area contributed by atoms with Crippen LogP contribution in [0.15, 0.2) is 24.3 Å². The molecule has 2 N–H and O–H groups in total.